The van der Waals surface area contributed by atoms with Crippen LogP contribution in [0.5, 0.6) is 11.5 Å². The van der Waals surface area contributed by atoms with Crippen LogP contribution < -0.4 is 15.8 Å². The normalized spacial score (nSPS) is 25.8. The van der Waals surface area contributed by atoms with Crippen LogP contribution in [-0.2, 0) is 16.0 Å². The van der Waals surface area contributed by atoms with Gasteiger partial charge in [-0.25, -0.2) is 0 Å². The number of hydrogen-bond acceptors (Lipinski definition) is 8. The predicted molar refractivity (Wildman–Crippen MR) is 154 cm³/mol. The molecule has 0 radical (unpaired) electrons. The molecule has 1 unspecified atom stereocenters. The Morgan fingerprint density at radius 1 is 1.19 bits per heavy atom. The van der Waals surface area contributed by atoms with Gasteiger partial charge < -0.3 is 20.9 Å². The molecule has 1 aliphatic carbocycles. The first-order valence-electron chi connectivity index (χ1n) is 13.2. The molecular weight excluding hydrogens is 504 g/mol. The Hall–Kier alpha value is -2.16. The number of allylic oxidation sites excluding steroid dienone is 3. The molecule has 200 valence electrons. The second kappa shape index (κ2) is 12.6. The highest BCUT2D eigenvalue weighted by Crippen LogP contribution is 2.53. The van der Waals surface area contributed by atoms with Crippen molar-refractivity contribution in [3.63, 3.8) is 0 Å². The molecule has 3 aliphatic rings. The third kappa shape index (κ3) is 6.84. The van der Waals surface area contributed by atoms with Crippen molar-refractivity contribution in [3.8, 4) is 11.5 Å². The second-order valence-electron chi connectivity index (χ2n) is 10.3. The number of nitrogens with two attached hydrogens (primary N) is 1. The number of phenols is 1. The average molecular weight is 543 g/mol. The molecule has 37 heavy (non-hydrogen) atoms. The Balaban J connectivity index is 1.72. The van der Waals surface area contributed by atoms with Crippen molar-refractivity contribution in [2.75, 3.05) is 12.9 Å². The Morgan fingerprint density at radius 2 is 1.97 bits per heavy atom. The summed E-state index contributed by atoms with van der Waals surface area (Å²) in [5.74, 6) is 1.60. The monoisotopic (exact) mass is 542 g/mol. The summed E-state index contributed by atoms with van der Waals surface area (Å²) < 4.78 is 5.31. The zero-order valence-electron chi connectivity index (χ0n) is 21.8. The van der Waals surface area contributed by atoms with E-state index in [2.05, 4.69) is 18.3 Å². The molecule has 0 aromatic heterocycles. The molecule has 2 atom stereocenters. The zero-order valence-corrected chi connectivity index (χ0v) is 23.4. The van der Waals surface area contributed by atoms with Crippen LogP contribution in [0.15, 0.2) is 41.6 Å². The Kier molecular flexibility index (Phi) is 9.48. The van der Waals surface area contributed by atoms with Gasteiger partial charge in [0.2, 0.25) is 0 Å². The molecule has 0 amide bonds. The number of carbonyl (C=O) groups is 2. The van der Waals surface area contributed by atoms with Gasteiger partial charge in [0.25, 0.3) is 0 Å². The maximum atomic E-state index is 12.6. The van der Waals surface area contributed by atoms with Crippen LogP contribution in [0.1, 0.15) is 69.4 Å². The molecule has 6 nitrogen and oxygen atoms in total. The van der Waals surface area contributed by atoms with E-state index in [0.717, 1.165) is 48.1 Å². The van der Waals surface area contributed by atoms with Crippen LogP contribution in [0.25, 0.3) is 6.08 Å². The lowest BCUT2D eigenvalue weighted by Gasteiger charge is -2.37. The molecule has 0 saturated heterocycles. The largest absolute Gasteiger partial charge is 0.504 e. The number of phenolic OH excluding ortho intramolecular Hbond substituents is 1. The number of carbonyl (C=O) groups excluding carboxylic acids is 2. The van der Waals surface area contributed by atoms with Crippen LogP contribution in [-0.4, -0.2) is 40.4 Å². The number of Topliss-reactive ketones (excluding diaryl/α,β-unsaturated/α-hetero) is 1. The molecule has 1 saturated carbocycles. The summed E-state index contributed by atoms with van der Waals surface area (Å²) in [7, 11) is 5.36. The lowest BCUT2D eigenvalue weighted by molar-refractivity contribution is -0.124. The molecule has 2 bridgehead atoms. The van der Waals surface area contributed by atoms with Gasteiger partial charge in [0.05, 0.1) is 24.4 Å². The van der Waals surface area contributed by atoms with E-state index in [1.54, 1.807) is 18.2 Å². The van der Waals surface area contributed by atoms with Crippen molar-refractivity contribution >= 4 is 39.2 Å². The summed E-state index contributed by atoms with van der Waals surface area (Å²) >= 11 is 0. The standard InChI is InChI=1S/C29H38N2O4S2/c1-3-19-6-8-23(32)16-24(33)9-7-21-15-27(35-2)26(34)14-22(21)12-20-13-25(28(30)31-17-20)29(37-36-18-19)10-4-5-11-29/h7,9,13-15,17,19,28,31,34H,3-6,8,10-12,16,18,30H2,1-2H3/b9-7+/t19-,28?/m0/s1. The molecule has 1 aromatic carbocycles. The highest BCUT2D eigenvalue weighted by molar-refractivity contribution is 8.77. The van der Waals surface area contributed by atoms with Crippen LogP contribution in [0.3, 0.4) is 0 Å². The summed E-state index contributed by atoms with van der Waals surface area (Å²) in [6.45, 7) is 2.18. The van der Waals surface area contributed by atoms with Crippen molar-refractivity contribution in [2.24, 2.45) is 11.7 Å². The van der Waals surface area contributed by atoms with Gasteiger partial charge in [-0.05, 0) is 72.1 Å². The van der Waals surface area contributed by atoms with E-state index in [9.17, 15) is 14.7 Å². The fourth-order valence-electron chi connectivity index (χ4n) is 5.36. The van der Waals surface area contributed by atoms with E-state index in [1.807, 2.05) is 27.8 Å². The highest BCUT2D eigenvalue weighted by Gasteiger charge is 2.41. The SMILES string of the molecule is CC[C@H]1CCC(=O)CC(=O)/C=C/c2cc(OC)c(O)cc2CC2=CNC(N)C(=C2)C2(CCCC2)SSC1. The molecule has 2 aliphatic heterocycles. The van der Waals surface area contributed by atoms with Crippen molar-refractivity contribution in [1.29, 1.82) is 0 Å². The van der Waals surface area contributed by atoms with Crippen molar-refractivity contribution in [1.82, 2.24) is 5.32 Å². The average Bonchev–Trinajstić information content (AvgIpc) is 3.36. The molecule has 4 rings (SSSR count). The summed E-state index contributed by atoms with van der Waals surface area (Å²) in [4.78, 5) is 25.1. The maximum absolute atomic E-state index is 12.6. The van der Waals surface area contributed by atoms with Gasteiger partial charge in [0.1, 0.15) is 5.78 Å². The predicted octanol–water partition coefficient (Wildman–Crippen LogP) is 5.70. The van der Waals surface area contributed by atoms with Gasteiger partial charge in [-0.1, -0.05) is 59.9 Å². The number of methoxy groups -OCH3 is 1. The van der Waals surface area contributed by atoms with E-state index in [4.69, 9.17) is 10.5 Å². The number of hydrogen-bond donors (Lipinski definition) is 3. The van der Waals surface area contributed by atoms with Gasteiger partial charge in [0, 0.05) is 18.4 Å². The molecule has 1 fully saturated rings. The fourth-order valence-corrected chi connectivity index (χ4v) is 9.23. The van der Waals surface area contributed by atoms with E-state index >= 15 is 0 Å². The zero-order chi connectivity index (χ0) is 26.4. The van der Waals surface area contributed by atoms with E-state index in [1.165, 1.54) is 31.6 Å². The molecule has 2 heterocycles. The van der Waals surface area contributed by atoms with Crippen molar-refractivity contribution in [3.05, 3.63) is 52.8 Å². The van der Waals surface area contributed by atoms with Gasteiger partial charge in [0.15, 0.2) is 17.3 Å². The van der Waals surface area contributed by atoms with E-state index in [0.29, 0.717) is 24.5 Å². The quantitative estimate of drug-likeness (QED) is 0.323. The number of benzene rings is 1. The number of dihydropyridines is 1. The smallest absolute Gasteiger partial charge is 0.163 e. The minimum atomic E-state index is -0.235. The van der Waals surface area contributed by atoms with E-state index in [-0.39, 0.29) is 34.6 Å². The van der Waals surface area contributed by atoms with Gasteiger partial charge in [-0.3, -0.25) is 9.59 Å². The number of ether oxygens (including phenoxy) is 1. The van der Waals surface area contributed by atoms with Gasteiger partial charge >= 0.3 is 0 Å². The summed E-state index contributed by atoms with van der Waals surface area (Å²) in [6, 6.07) is 3.43. The Labute approximate surface area is 228 Å². The van der Waals surface area contributed by atoms with Crippen molar-refractivity contribution in [2.45, 2.75) is 75.6 Å². The van der Waals surface area contributed by atoms with Crippen LogP contribution >= 0.6 is 21.6 Å². The Morgan fingerprint density at radius 3 is 2.70 bits per heavy atom. The lowest BCUT2D eigenvalue weighted by atomic mass is 9.88. The third-order valence-electron chi connectivity index (χ3n) is 7.65. The molecular formula is C29H38N2O4S2. The number of fused-ring (bicyclic) bond motifs is 3. The van der Waals surface area contributed by atoms with Crippen LogP contribution in [0, 0.1) is 5.92 Å². The van der Waals surface area contributed by atoms with E-state index < -0.39 is 0 Å². The van der Waals surface area contributed by atoms with Crippen molar-refractivity contribution < 1.29 is 19.4 Å². The molecule has 1 aromatic rings. The first kappa shape index (κ1) is 27.9. The minimum Gasteiger partial charge on any atom is -0.504 e. The second-order valence-corrected chi connectivity index (χ2v) is 13.0. The van der Waals surface area contributed by atoms with Gasteiger partial charge in [-0.2, -0.15) is 0 Å². The minimum absolute atomic E-state index is 0.00661. The number of nitrogens with one attached hydrogen (secondary N) is 1. The number of rotatable bonds is 2. The molecule has 1 spiro atoms. The summed E-state index contributed by atoms with van der Waals surface area (Å²) in [5.41, 5.74) is 10.5. The summed E-state index contributed by atoms with van der Waals surface area (Å²) in [6.07, 6.45) is 14.5. The molecule has 8 heteroatoms. The molecule has 4 N–H and O–H groups in total. The fraction of sp³-hybridized carbons (Fsp3) is 0.517. The highest BCUT2D eigenvalue weighted by atomic mass is 33.1. The van der Waals surface area contributed by atoms with Crippen LogP contribution in [0.4, 0.5) is 0 Å². The topological polar surface area (TPSA) is 102 Å². The first-order valence-corrected chi connectivity index (χ1v) is 15.5. The van der Waals surface area contributed by atoms with Gasteiger partial charge in [-0.15, -0.1) is 0 Å². The lowest BCUT2D eigenvalue weighted by Crippen LogP contribution is -2.45. The number of ketones is 2. The first-order chi connectivity index (χ1) is 17.8. The Bertz CT molecular complexity index is 1110. The third-order valence-corrected chi connectivity index (χ3v) is 11.1. The summed E-state index contributed by atoms with van der Waals surface area (Å²) in [5, 5.41) is 13.9. The van der Waals surface area contributed by atoms with Crippen LogP contribution in [0.2, 0.25) is 0 Å². The maximum Gasteiger partial charge on any atom is 0.163 e. The number of aromatic hydroxyl groups is 1.